The molecule has 3 aromatic rings. The summed E-state index contributed by atoms with van der Waals surface area (Å²) in [5.74, 6) is -0.791. The Labute approximate surface area is 201 Å². The average Bonchev–Trinajstić information content (AvgIpc) is 2.78. The van der Waals surface area contributed by atoms with Crippen LogP contribution in [0, 0.1) is 0 Å². The first-order chi connectivity index (χ1) is 15.6. The number of ketones is 1. The molecule has 0 aliphatic rings. The third-order valence-electron chi connectivity index (χ3n) is 4.63. The van der Waals surface area contributed by atoms with E-state index in [1.807, 2.05) is 0 Å². The topological polar surface area (TPSA) is 92.8 Å². The Hall–Kier alpha value is -3.07. The number of amides is 1. The molecule has 0 aliphatic heterocycles. The highest BCUT2D eigenvalue weighted by atomic mass is 35.5. The number of carbonyl (C=O) groups excluding carboxylic acids is 2. The summed E-state index contributed by atoms with van der Waals surface area (Å²) in [5, 5.41) is 3.20. The van der Waals surface area contributed by atoms with E-state index in [9.17, 15) is 18.0 Å². The highest BCUT2D eigenvalue weighted by Crippen LogP contribution is 2.33. The predicted octanol–water partition coefficient (Wildman–Crippen LogP) is 4.64. The van der Waals surface area contributed by atoms with Crippen molar-refractivity contribution in [3.05, 3.63) is 87.9 Å². The first-order valence-corrected chi connectivity index (χ1v) is 12.2. The third kappa shape index (κ3) is 6.04. The first kappa shape index (κ1) is 24.6. The minimum atomic E-state index is -3.89. The maximum atomic E-state index is 13.0. The summed E-state index contributed by atoms with van der Waals surface area (Å²) in [6.45, 7) is -0.572. The van der Waals surface area contributed by atoms with Crippen LogP contribution in [0.2, 0.25) is 10.0 Å². The van der Waals surface area contributed by atoms with Gasteiger partial charge in [0.2, 0.25) is 15.9 Å². The lowest BCUT2D eigenvalue weighted by Gasteiger charge is -2.24. The van der Waals surface area contributed by atoms with E-state index in [2.05, 4.69) is 5.32 Å². The number of anilines is 2. The van der Waals surface area contributed by atoms with Crippen LogP contribution >= 0.6 is 23.2 Å². The van der Waals surface area contributed by atoms with Crippen molar-refractivity contribution in [2.75, 3.05) is 29.5 Å². The van der Waals surface area contributed by atoms with Crippen LogP contribution in [0.3, 0.4) is 0 Å². The van der Waals surface area contributed by atoms with E-state index in [1.54, 1.807) is 36.4 Å². The van der Waals surface area contributed by atoms with Crippen LogP contribution in [-0.2, 0) is 14.8 Å². The van der Waals surface area contributed by atoms with E-state index in [4.69, 9.17) is 27.9 Å². The van der Waals surface area contributed by atoms with E-state index in [0.717, 1.165) is 10.6 Å². The van der Waals surface area contributed by atoms with E-state index >= 15 is 0 Å². The number of methoxy groups -OCH3 is 1. The van der Waals surface area contributed by atoms with Crippen molar-refractivity contribution < 1.29 is 22.7 Å². The molecule has 0 fully saturated rings. The Kier molecular flexibility index (Phi) is 7.63. The molecule has 0 atom stereocenters. The SMILES string of the molecule is COc1ccc(Cl)cc1N(CC(=O)Nc1ccc(Cl)cc1C(=O)c1ccccc1)S(C)(=O)=O. The number of halogens is 2. The fourth-order valence-corrected chi connectivity index (χ4v) is 4.31. The number of nitrogens with zero attached hydrogens (tertiary/aromatic N) is 1. The smallest absolute Gasteiger partial charge is 0.245 e. The van der Waals surface area contributed by atoms with Gasteiger partial charge in [0.05, 0.1) is 24.7 Å². The van der Waals surface area contributed by atoms with Gasteiger partial charge >= 0.3 is 0 Å². The highest BCUT2D eigenvalue weighted by Gasteiger charge is 2.25. The Bertz CT molecular complexity index is 1300. The van der Waals surface area contributed by atoms with Gasteiger partial charge < -0.3 is 10.1 Å². The monoisotopic (exact) mass is 506 g/mol. The van der Waals surface area contributed by atoms with Crippen molar-refractivity contribution in [3.63, 3.8) is 0 Å². The number of hydrogen-bond donors (Lipinski definition) is 1. The molecule has 0 spiro atoms. The largest absolute Gasteiger partial charge is 0.495 e. The Morgan fingerprint density at radius 3 is 2.24 bits per heavy atom. The molecule has 0 heterocycles. The number of sulfonamides is 1. The van der Waals surface area contributed by atoms with Gasteiger partial charge in [-0.3, -0.25) is 13.9 Å². The van der Waals surface area contributed by atoms with Gasteiger partial charge in [-0.05, 0) is 36.4 Å². The normalized spacial score (nSPS) is 11.0. The van der Waals surface area contributed by atoms with Crippen LogP contribution in [0.4, 0.5) is 11.4 Å². The van der Waals surface area contributed by atoms with Crippen LogP contribution in [0.5, 0.6) is 5.75 Å². The lowest BCUT2D eigenvalue weighted by atomic mass is 10.0. The van der Waals surface area contributed by atoms with Crippen molar-refractivity contribution in [1.29, 1.82) is 0 Å². The van der Waals surface area contributed by atoms with Crippen molar-refractivity contribution in [3.8, 4) is 5.75 Å². The minimum Gasteiger partial charge on any atom is -0.495 e. The number of hydrogen-bond acceptors (Lipinski definition) is 5. The Balaban J connectivity index is 1.92. The number of ether oxygens (including phenoxy) is 1. The number of carbonyl (C=O) groups is 2. The molecule has 0 aromatic heterocycles. The minimum absolute atomic E-state index is 0.111. The number of benzene rings is 3. The molecular formula is C23H20Cl2N2O5S. The summed E-state index contributed by atoms with van der Waals surface area (Å²) in [5.41, 5.74) is 0.897. The summed E-state index contributed by atoms with van der Waals surface area (Å²) in [4.78, 5) is 25.9. The molecular weight excluding hydrogens is 487 g/mol. The van der Waals surface area contributed by atoms with Gasteiger partial charge in [0.15, 0.2) is 5.78 Å². The second kappa shape index (κ2) is 10.2. The summed E-state index contributed by atoms with van der Waals surface area (Å²) in [6.07, 6.45) is 0.966. The Morgan fingerprint density at radius 1 is 0.970 bits per heavy atom. The third-order valence-corrected chi connectivity index (χ3v) is 6.23. The second-order valence-corrected chi connectivity index (χ2v) is 9.80. The van der Waals surface area contributed by atoms with Gasteiger partial charge in [0.1, 0.15) is 12.3 Å². The molecule has 0 saturated heterocycles. The molecule has 7 nitrogen and oxygen atoms in total. The molecule has 1 amide bonds. The summed E-state index contributed by atoms with van der Waals surface area (Å²) in [6, 6.07) is 17.4. The van der Waals surface area contributed by atoms with Crippen LogP contribution in [-0.4, -0.2) is 40.0 Å². The molecule has 172 valence electrons. The fourth-order valence-electron chi connectivity index (χ4n) is 3.12. The van der Waals surface area contributed by atoms with E-state index in [0.29, 0.717) is 10.6 Å². The van der Waals surface area contributed by atoms with Gasteiger partial charge in [-0.25, -0.2) is 8.42 Å². The zero-order valence-electron chi connectivity index (χ0n) is 17.7. The van der Waals surface area contributed by atoms with Gasteiger partial charge in [0.25, 0.3) is 0 Å². The van der Waals surface area contributed by atoms with Crippen molar-refractivity contribution in [1.82, 2.24) is 0 Å². The van der Waals surface area contributed by atoms with Gasteiger partial charge in [-0.1, -0.05) is 53.5 Å². The second-order valence-electron chi connectivity index (χ2n) is 7.02. The van der Waals surface area contributed by atoms with E-state index in [1.165, 1.54) is 37.4 Å². The first-order valence-electron chi connectivity index (χ1n) is 9.60. The van der Waals surface area contributed by atoms with Crippen molar-refractivity contribution >= 4 is 56.3 Å². The zero-order chi connectivity index (χ0) is 24.2. The summed E-state index contributed by atoms with van der Waals surface area (Å²) < 4.78 is 31.1. The predicted molar refractivity (Wildman–Crippen MR) is 130 cm³/mol. The van der Waals surface area contributed by atoms with Crippen LogP contribution in [0.25, 0.3) is 0 Å². The van der Waals surface area contributed by atoms with Gasteiger partial charge in [-0.2, -0.15) is 0 Å². The molecule has 0 saturated carbocycles. The van der Waals surface area contributed by atoms with Crippen molar-refractivity contribution in [2.24, 2.45) is 0 Å². The molecule has 3 rings (SSSR count). The molecule has 0 aliphatic carbocycles. The molecule has 0 unspecified atom stereocenters. The van der Waals surface area contributed by atoms with Crippen LogP contribution in [0.15, 0.2) is 66.7 Å². The summed E-state index contributed by atoms with van der Waals surface area (Å²) in [7, 11) is -2.51. The maximum Gasteiger partial charge on any atom is 0.245 e. The number of rotatable bonds is 8. The van der Waals surface area contributed by atoms with Gasteiger partial charge in [0, 0.05) is 21.2 Å². The standard InChI is InChI=1S/C23H20Cl2N2O5S/c1-32-21-11-9-17(25)13-20(21)27(33(2,30)31)14-22(28)26-19-10-8-16(24)12-18(19)23(29)15-6-4-3-5-7-15/h3-13H,14H2,1-2H3,(H,26,28). The quantitative estimate of drug-likeness (QED) is 0.449. The average molecular weight is 507 g/mol. The fraction of sp³-hybridized carbons (Fsp3) is 0.130. The molecule has 0 radical (unpaired) electrons. The zero-order valence-corrected chi connectivity index (χ0v) is 20.0. The molecule has 0 bridgehead atoms. The highest BCUT2D eigenvalue weighted by molar-refractivity contribution is 7.92. The van der Waals surface area contributed by atoms with Gasteiger partial charge in [-0.15, -0.1) is 0 Å². The lowest BCUT2D eigenvalue weighted by molar-refractivity contribution is -0.114. The maximum absolute atomic E-state index is 13.0. The summed E-state index contributed by atoms with van der Waals surface area (Å²) >= 11 is 12.1. The van der Waals surface area contributed by atoms with E-state index < -0.39 is 22.5 Å². The van der Waals surface area contributed by atoms with E-state index in [-0.39, 0.29) is 33.5 Å². The molecule has 3 aromatic carbocycles. The molecule has 1 N–H and O–H groups in total. The van der Waals surface area contributed by atoms with Crippen LogP contribution in [0.1, 0.15) is 15.9 Å². The van der Waals surface area contributed by atoms with Crippen LogP contribution < -0.4 is 14.4 Å². The lowest BCUT2D eigenvalue weighted by Crippen LogP contribution is -2.37. The molecule has 33 heavy (non-hydrogen) atoms. The number of nitrogens with one attached hydrogen (secondary N) is 1. The molecule has 10 heteroatoms. The van der Waals surface area contributed by atoms with Crippen molar-refractivity contribution in [2.45, 2.75) is 0 Å². The Morgan fingerprint density at radius 2 is 1.61 bits per heavy atom.